The molecule has 1 aliphatic carbocycles. The highest BCUT2D eigenvalue weighted by Crippen LogP contribution is 2.46. The molecular formula is C26H22F2N2. The molecule has 0 amide bonds. The third-order valence-electron chi connectivity index (χ3n) is 5.94. The van der Waals surface area contributed by atoms with Crippen LogP contribution in [0.1, 0.15) is 36.4 Å². The van der Waals surface area contributed by atoms with Gasteiger partial charge in [-0.2, -0.15) is 5.10 Å². The normalized spacial score (nSPS) is 22.1. The van der Waals surface area contributed by atoms with E-state index in [1.807, 2.05) is 30.3 Å². The van der Waals surface area contributed by atoms with Gasteiger partial charge in [0.25, 0.3) is 0 Å². The molecule has 0 aromatic heterocycles. The molecule has 30 heavy (non-hydrogen) atoms. The van der Waals surface area contributed by atoms with Crippen LogP contribution in [0.25, 0.3) is 6.08 Å². The van der Waals surface area contributed by atoms with Gasteiger partial charge in [0.2, 0.25) is 0 Å². The molecule has 5 rings (SSSR count). The van der Waals surface area contributed by atoms with Crippen LogP contribution in [-0.2, 0) is 0 Å². The summed E-state index contributed by atoms with van der Waals surface area (Å²) in [6.07, 6.45) is 5.17. The summed E-state index contributed by atoms with van der Waals surface area (Å²) in [4.78, 5) is 0. The number of anilines is 1. The molecule has 0 unspecified atom stereocenters. The van der Waals surface area contributed by atoms with E-state index in [2.05, 4.69) is 23.2 Å². The zero-order valence-electron chi connectivity index (χ0n) is 16.5. The Bertz CT molecular complexity index is 1090. The zero-order valence-corrected chi connectivity index (χ0v) is 16.5. The third kappa shape index (κ3) is 3.54. The van der Waals surface area contributed by atoms with E-state index in [4.69, 9.17) is 5.10 Å². The zero-order chi connectivity index (χ0) is 20.5. The quantitative estimate of drug-likeness (QED) is 0.474. The van der Waals surface area contributed by atoms with E-state index in [-0.39, 0.29) is 23.6 Å². The Kier molecular flexibility index (Phi) is 4.91. The van der Waals surface area contributed by atoms with Gasteiger partial charge in [0.1, 0.15) is 11.6 Å². The van der Waals surface area contributed by atoms with Crippen molar-refractivity contribution < 1.29 is 8.78 Å². The Hall–Kier alpha value is -3.27. The predicted molar refractivity (Wildman–Crippen MR) is 117 cm³/mol. The molecule has 4 heteroatoms. The van der Waals surface area contributed by atoms with Crippen molar-refractivity contribution in [1.29, 1.82) is 0 Å². The van der Waals surface area contributed by atoms with Gasteiger partial charge in [0.05, 0.1) is 17.4 Å². The minimum Gasteiger partial charge on any atom is -0.257 e. The van der Waals surface area contributed by atoms with Crippen molar-refractivity contribution in [1.82, 2.24) is 0 Å². The molecule has 0 spiro atoms. The smallest absolute Gasteiger partial charge is 0.123 e. The van der Waals surface area contributed by atoms with Crippen LogP contribution in [0.4, 0.5) is 14.5 Å². The summed E-state index contributed by atoms with van der Waals surface area (Å²) < 4.78 is 26.9. The van der Waals surface area contributed by atoms with Gasteiger partial charge in [-0.15, -0.1) is 0 Å². The first kappa shape index (κ1) is 18.7. The van der Waals surface area contributed by atoms with E-state index in [1.54, 1.807) is 12.1 Å². The Morgan fingerprint density at radius 1 is 0.833 bits per heavy atom. The number of halogens is 2. The number of rotatable bonds is 3. The van der Waals surface area contributed by atoms with Crippen LogP contribution in [-0.4, -0.2) is 5.71 Å². The molecule has 0 saturated heterocycles. The van der Waals surface area contributed by atoms with E-state index in [0.717, 1.165) is 41.8 Å². The summed E-state index contributed by atoms with van der Waals surface area (Å²) in [5, 5.41) is 7.15. The second-order valence-electron chi connectivity index (χ2n) is 7.88. The molecule has 1 aliphatic heterocycles. The van der Waals surface area contributed by atoms with Crippen LogP contribution >= 0.6 is 0 Å². The van der Waals surface area contributed by atoms with Crippen molar-refractivity contribution >= 4 is 17.5 Å². The third-order valence-corrected chi connectivity index (χ3v) is 5.94. The fraction of sp³-hybridized carbons (Fsp3) is 0.192. The molecule has 1 fully saturated rings. The van der Waals surface area contributed by atoms with Crippen molar-refractivity contribution in [2.24, 2.45) is 11.0 Å². The molecule has 1 heterocycles. The van der Waals surface area contributed by atoms with Crippen molar-refractivity contribution in [3.63, 3.8) is 0 Å². The highest BCUT2D eigenvalue weighted by atomic mass is 19.1. The second kappa shape index (κ2) is 7.86. The Balaban J connectivity index is 1.58. The summed E-state index contributed by atoms with van der Waals surface area (Å²) in [7, 11) is 0. The molecule has 0 N–H and O–H groups in total. The fourth-order valence-corrected chi connectivity index (χ4v) is 4.55. The molecule has 3 aromatic carbocycles. The maximum Gasteiger partial charge on any atom is 0.123 e. The van der Waals surface area contributed by atoms with Crippen molar-refractivity contribution in [3.05, 3.63) is 107 Å². The first-order chi connectivity index (χ1) is 14.7. The first-order valence-electron chi connectivity index (χ1n) is 10.3. The number of hydrogen-bond acceptors (Lipinski definition) is 2. The van der Waals surface area contributed by atoms with Crippen LogP contribution in [0.3, 0.4) is 0 Å². The molecule has 3 aromatic rings. The van der Waals surface area contributed by atoms with Gasteiger partial charge in [-0.25, -0.2) is 8.78 Å². The second-order valence-corrected chi connectivity index (χ2v) is 7.88. The lowest BCUT2D eigenvalue weighted by molar-refractivity contribution is 0.487. The van der Waals surface area contributed by atoms with Gasteiger partial charge >= 0.3 is 0 Å². The van der Waals surface area contributed by atoms with Gasteiger partial charge in [0.15, 0.2) is 0 Å². The fourth-order valence-electron chi connectivity index (χ4n) is 4.55. The largest absolute Gasteiger partial charge is 0.257 e. The van der Waals surface area contributed by atoms with E-state index in [0.29, 0.717) is 0 Å². The maximum atomic E-state index is 13.6. The SMILES string of the molecule is Fc1ccc(/C=C2/CCC[C@H]3C2=NN(c2ccccc2)[C@H]3c2ccc(F)cc2)cc1. The summed E-state index contributed by atoms with van der Waals surface area (Å²) in [5.74, 6) is -0.232. The van der Waals surface area contributed by atoms with Crippen LogP contribution in [0.5, 0.6) is 0 Å². The van der Waals surface area contributed by atoms with Crippen molar-refractivity contribution in [2.75, 3.05) is 5.01 Å². The van der Waals surface area contributed by atoms with Crippen LogP contribution < -0.4 is 5.01 Å². The van der Waals surface area contributed by atoms with Gasteiger partial charge in [-0.05, 0) is 78.4 Å². The molecule has 1 saturated carbocycles. The number of para-hydroxylation sites is 1. The lowest BCUT2D eigenvalue weighted by Crippen LogP contribution is -2.28. The number of allylic oxidation sites excluding steroid dienone is 1. The average Bonchev–Trinajstić information content (AvgIpc) is 3.17. The van der Waals surface area contributed by atoms with Crippen LogP contribution in [0.2, 0.25) is 0 Å². The highest BCUT2D eigenvalue weighted by Gasteiger charge is 2.41. The molecule has 2 aliphatic rings. The van der Waals surface area contributed by atoms with Gasteiger partial charge in [-0.1, -0.05) is 42.5 Å². The molecule has 0 bridgehead atoms. The molecule has 2 nitrogen and oxygen atoms in total. The van der Waals surface area contributed by atoms with Gasteiger partial charge < -0.3 is 0 Å². The summed E-state index contributed by atoms with van der Waals surface area (Å²) in [6.45, 7) is 0. The van der Waals surface area contributed by atoms with E-state index in [1.165, 1.54) is 29.8 Å². The number of fused-ring (bicyclic) bond motifs is 1. The van der Waals surface area contributed by atoms with Crippen molar-refractivity contribution in [2.45, 2.75) is 25.3 Å². The Morgan fingerprint density at radius 2 is 1.50 bits per heavy atom. The first-order valence-corrected chi connectivity index (χ1v) is 10.3. The Morgan fingerprint density at radius 3 is 2.20 bits per heavy atom. The lowest BCUT2D eigenvalue weighted by Gasteiger charge is -2.30. The molecule has 2 atom stereocenters. The number of benzene rings is 3. The summed E-state index contributed by atoms with van der Waals surface area (Å²) in [6, 6.07) is 23.5. The van der Waals surface area contributed by atoms with Gasteiger partial charge in [-0.3, -0.25) is 5.01 Å². The van der Waals surface area contributed by atoms with Crippen molar-refractivity contribution in [3.8, 4) is 0 Å². The van der Waals surface area contributed by atoms with E-state index in [9.17, 15) is 8.78 Å². The lowest BCUT2D eigenvalue weighted by atomic mass is 9.77. The molecule has 0 radical (unpaired) electrons. The molecule has 150 valence electrons. The van der Waals surface area contributed by atoms with Crippen LogP contribution in [0, 0.1) is 17.6 Å². The highest BCUT2D eigenvalue weighted by molar-refractivity contribution is 6.08. The standard InChI is InChI=1S/C26H22F2N2/c27-21-13-9-18(10-14-21)17-20-5-4-8-24-25(20)29-30(23-6-2-1-3-7-23)26(24)19-11-15-22(28)16-12-19/h1-3,6-7,9-17,24,26H,4-5,8H2/b20-17-/t24-,26-/m0/s1. The minimum atomic E-state index is -0.233. The monoisotopic (exact) mass is 400 g/mol. The number of nitrogens with zero attached hydrogens (tertiary/aromatic N) is 2. The van der Waals surface area contributed by atoms with E-state index < -0.39 is 0 Å². The molecular weight excluding hydrogens is 378 g/mol. The number of hydrazone groups is 1. The minimum absolute atomic E-state index is 0.0277. The Labute approximate surface area is 175 Å². The van der Waals surface area contributed by atoms with Crippen LogP contribution in [0.15, 0.2) is 89.5 Å². The topological polar surface area (TPSA) is 15.6 Å². The number of hydrogen-bond donors (Lipinski definition) is 0. The summed E-state index contributed by atoms with van der Waals surface area (Å²) >= 11 is 0. The average molecular weight is 400 g/mol. The van der Waals surface area contributed by atoms with Gasteiger partial charge in [0, 0.05) is 5.92 Å². The van der Waals surface area contributed by atoms with E-state index >= 15 is 0 Å². The summed E-state index contributed by atoms with van der Waals surface area (Å²) in [5.41, 5.74) is 5.35. The predicted octanol–water partition coefficient (Wildman–Crippen LogP) is 6.77. The maximum absolute atomic E-state index is 13.6.